The summed E-state index contributed by atoms with van der Waals surface area (Å²) in [5, 5.41) is 8.79. The smallest absolute Gasteiger partial charge is 0.235 e. The lowest BCUT2D eigenvalue weighted by molar-refractivity contribution is -0.129. The van der Waals surface area contributed by atoms with Crippen LogP contribution in [0.2, 0.25) is 0 Å². The minimum Gasteiger partial charge on any atom is -0.342 e. The van der Waals surface area contributed by atoms with Crippen molar-refractivity contribution in [2.45, 2.75) is 44.6 Å². The minimum absolute atomic E-state index is 0.140. The second-order valence-corrected chi connectivity index (χ2v) is 5.51. The first-order valence-electron chi connectivity index (χ1n) is 6.51. The third-order valence-corrected chi connectivity index (χ3v) is 3.99. The van der Waals surface area contributed by atoms with Gasteiger partial charge in [-0.3, -0.25) is 4.79 Å². The molecular formula is C13H22N4OS. The largest absolute Gasteiger partial charge is 0.342 e. The van der Waals surface area contributed by atoms with Gasteiger partial charge < -0.3 is 9.47 Å². The monoisotopic (exact) mass is 282 g/mol. The van der Waals surface area contributed by atoms with Crippen LogP contribution in [0.1, 0.15) is 26.6 Å². The number of thioether (sulfide) groups is 1. The fourth-order valence-electron chi connectivity index (χ4n) is 1.79. The number of amides is 1. The van der Waals surface area contributed by atoms with Gasteiger partial charge in [0, 0.05) is 19.6 Å². The highest BCUT2D eigenvalue weighted by Crippen LogP contribution is 2.23. The highest BCUT2D eigenvalue weighted by molar-refractivity contribution is 8.00. The van der Waals surface area contributed by atoms with Gasteiger partial charge in [0.15, 0.2) is 5.16 Å². The molecule has 1 rings (SSSR count). The lowest BCUT2D eigenvalue weighted by atomic mass is 10.4. The number of hydrogen-bond donors (Lipinski definition) is 0. The fraction of sp³-hybridized carbons (Fsp3) is 0.615. The number of nitrogens with zero attached hydrogens (tertiary/aromatic N) is 4. The highest BCUT2D eigenvalue weighted by atomic mass is 32.2. The molecule has 0 saturated carbocycles. The van der Waals surface area contributed by atoms with Gasteiger partial charge in [0.2, 0.25) is 5.91 Å². The summed E-state index contributed by atoms with van der Waals surface area (Å²) >= 11 is 1.45. The lowest BCUT2D eigenvalue weighted by Crippen LogP contribution is -2.36. The van der Waals surface area contributed by atoms with Crippen LogP contribution in [0.15, 0.2) is 17.8 Å². The van der Waals surface area contributed by atoms with E-state index in [-0.39, 0.29) is 11.2 Å². The normalized spacial score (nSPS) is 12.2. The van der Waals surface area contributed by atoms with E-state index in [1.165, 1.54) is 11.8 Å². The van der Waals surface area contributed by atoms with Crippen molar-refractivity contribution < 1.29 is 4.79 Å². The molecule has 106 valence electrons. The van der Waals surface area contributed by atoms with E-state index < -0.39 is 0 Å². The zero-order valence-electron chi connectivity index (χ0n) is 12.1. The van der Waals surface area contributed by atoms with Crippen LogP contribution in [0.4, 0.5) is 0 Å². The van der Waals surface area contributed by atoms with Crippen LogP contribution in [0, 0.1) is 6.92 Å². The second-order valence-electron chi connectivity index (χ2n) is 4.20. The molecule has 1 aromatic heterocycles. The fourth-order valence-corrected chi connectivity index (χ4v) is 2.78. The number of hydrogen-bond acceptors (Lipinski definition) is 4. The van der Waals surface area contributed by atoms with Crippen LogP contribution < -0.4 is 0 Å². The van der Waals surface area contributed by atoms with Gasteiger partial charge in [-0.05, 0) is 27.7 Å². The summed E-state index contributed by atoms with van der Waals surface area (Å²) in [4.78, 5) is 14.0. The maximum Gasteiger partial charge on any atom is 0.235 e. The Morgan fingerprint density at radius 3 is 2.63 bits per heavy atom. The summed E-state index contributed by atoms with van der Waals surface area (Å²) in [5.74, 6) is 0.977. The van der Waals surface area contributed by atoms with Crippen molar-refractivity contribution >= 4 is 17.7 Å². The van der Waals surface area contributed by atoms with E-state index in [1.54, 1.807) is 6.08 Å². The third kappa shape index (κ3) is 3.83. The van der Waals surface area contributed by atoms with Crippen molar-refractivity contribution in [1.82, 2.24) is 19.7 Å². The van der Waals surface area contributed by atoms with Crippen LogP contribution >= 0.6 is 11.8 Å². The maximum atomic E-state index is 12.2. The maximum absolute atomic E-state index is 12.2. The number of carbonyl (C=O) groups is 1. The summed E-state index contributed by atoms with van der Waals surface area (Å²) in [7, 11) is 0. The molecule has 0 N–H and O–H groups in total. The van der Waals surface area contributed by atoms with Crippen molar-refractivity contribution in [3.05, 3.63) is 18.5 Å². The molecule has 0 radical (unpaired) electrons. The Balaban J connectivity index is 2.79. The van der Waals surface area contributed by atoms with Crippen molar-refractivity contribution in [3.63, 3.8) is 0 Å². The summed E-state index contributed by atoms with van der Waals surface area (Å²) in [6.45, 7) is 13.6. The molecular weight excluding hydrogens is 260 g/mol. The van der Waals surface area contributed by atoms with Gasteiger partial charge in [0.05, 0.1) is 5.25 Å². The number of aryl methyl sites for hydroxylation is 1. The Hall–Kier alpha value is -1.30. The van der Waals surface area contributed by atoms with Crippen LogP contribution in [0.3, 0.4) is 0 Å². The first kappa shape index (κ1) is 15.8. The van der Waals surface area contributed by atoms with E-state index in [2.05, 4.69) is 16.8 Å². The van der Waals surface area contributed by atoms with E-state index in [4.69, 9.17) is 0 Å². The predicted molar refractivity (Wildman–Crippen MR) is 78.2 cm³/mol. The van der Waals surface area contributed by atoms with Crippen molar-refractivity contribution in [2.24, 2.45) is 0 Å². The van der Waals surface area contributed by atoms with Gasteiger partial charge in [-0.2, -0.15) is 0 Å². The van der Waals surface area contributed by atoms with E-state index in [1.807, 2.05) is 37.2 Å². The van der Waals surface area contributed by atoms with Crippen molar-refractivity contribution in [1.29, 1.82) is 0 Å². The van der Waals surface area contributed by atoms with Gasteiger partial charge >= 0.3 is 0 Å². The molecule has 0 aliphatic carbocycles. The summed E-state index contributed by atoms with van der Waals surface area (Å²) in [6.07, 6.45) is 1.80. The zero-order chi connectivity index (χ0) is 14.4. The highest BCUT2D eigenvalue weighted by Gasteiger charge is 2.22. The summed E-state index contributed by atoms with van der Waals surface area (Å²) < 4.78 is 1.96. The average Bonchev–Trinajstić information content (AvgIpc) is 2.73. The SMILES string of the molecule is C=CCn1c(C)nnc1SC(C)C(=O)N(CC)CC. The molecule has 1 unspecified atom stereocenters. The molecule has 1 aromatic rings. The number of allylic oxidation sites excluding steroid dienone is 1. The summed E-state index contributed by atoms with van der Waals surface area (Å²) in [5.41, 5.74) is 0. The Bertz CT molecular complexity index is 440. The van der Waals surface area contributed by atoms with Gasteiger partial charge in [0.25, 0.3) is 0 Å². The quantitative estimate of drug-likeness (QED) is 0.568. The molecule has 1 atom stereocenters. The van der Waals surface area contributed by atoms with Crippen LogP contribution in [-0.4, -0.2) is 43.9 Å². The van der Waals surface area contributed by atoms with Gasteiger partial charge in [-0.15, -0.1) is 16.8 Å². The first-order valence-corrected chi connectivity index (χ1v) is 7.39. The molecule has 0 aliphatic heterocycles. The zero-order valence-corrected chi connectivity index (χ0v) is 12.9. The molecule has 0 bridgehead atoms. The number of aromatic nitrogens is 3. The standard InChI is InChI=1S/C13H22N4OS/c1-6-9-17-11(5)14-15-13(17)19-10(4)12(18)16(7-2)8-3/h6,10H,1,7-9H2,2-5H3. The lowest BCUT2D eigenvalue weighted by Gasteiger charge is -2.22. The third-order valence-electron chi connectivity index (χ3n) is 2.92. The van der Waals surface area contributed by atoms with E-state index in [9.17, 15) is 4.79 Å². The van der Waals surface area contributed by atoms with E-state index >= 15 is 0 Å². The molecule has 0 aromatic carbocycles. The molecule has 1 heterocycles. The minimum atomic E-state index is -0.160. The van der Waals surface area contributed by atoms with Crippen LogP contribution in [0.25, 0.3) is 0 Å². The first-order chi connectivity index (χ1) is 9.04. The van der Waals surface area contributed by atoms with E-state index in [0.29, 0.717) is 6.54 Å². The Morgan fingerprint density at radius 1 is 1.47 bits per heavy atom. The molecule has 5 nitrogen and oxygen atoms in total. The van der Waals surface area contributed by atoms with Crippen LogP contribution in [0.5, 0.6) is 0 Å². The summed E-state index contributed by atoms with van der Waals surface area (Å²) in [6, 6.07) is 0. The molecule has 0 saturated heterocycles. The van der Waals surface area contributed by atoms with Crippen molar-refractivity contribution in [2.75, 3.05) is 13.1 Å². The Labute approximate surface area is 119 Å². The molecule has 0 fully saturated rings. The average molecular weight is 282 g/mol. The van der Waals surface area contributed by atoms with Crippen molar-refractivity contribution in [3.8, 4) is 0 Å². The van der Waals surface area contributed by atoms with Crippen LogP contribution in [-0.2, 0) is 11.3 Å². The topological polar surface area (TPSA) is 51.0 Å². The van der Waals surface area contributed by atoms with Gasteiger partial charge in [-0.25, -0.2) is 0 Å². The molecule has 0 aliphatic rings. The molecule has 19 heavy (non-hydrogen) atoms. The Morgan fingerprint density at radius 2 is 2.11 bits per heavy atom. The van der Waals surface area contributed by atoms with Gasteiger partial charge in [-0.1, -0.05) is 17.8 Å². The molecule has 6 heteroatoms. The van der Waals surface area contributed by atoms with Gasteiger partial charge in [0.1, 0.15) is 5.82 Å². The molecule has 0 spiro atoms. The Kier molecular flexibility index (Phi) is 6.08. The second kappa shape index (κ2) is 7.33. The number of carbonyl (C=O) groups excluding carboxylic acids is 1. The van der Waals surface area contributed by atoms with E-state index in [0.717, 1.165) is 24.1 Å². The molecule has 1 amide bonds. The number of rotatable bonds is 7. The predicted octanol–water partition coefficient (Wildman–Crippen LogP) is 2.12.